The van der Waals surface area contributed by atoms with Gasteiger partial charge in [0, 0.05) is 0 Å². The summed E-state index contributed by atoms with van der Waals surface area (Å²) in [4.78, 5) is 12.0. The van der Waals surface area contributed by atoms with Crippen LogP contribution in [0.5, 0.6) is 5.75 Å². The van der Waals surface area contributed by atoms with E-state index in [-0.39, 0.29) is 5.56 Å². The molecule has 0 aliphatic heterocycles. The molecule has 0 aromatic heterocycles. The van der Waals surface area contributed by atoms with Crippen LogP contribution in [0.15, 0.2) is 18.2 Å². The summed E-state index contributed by atoms with van der Waals surface area (Å²) in [5.74, 6) is -2.40. The predicted molar refractivity (Wildman–Crippen MR) is 93.0 cm³/mol. The molecule has 10 heteroatoms. The number of halogens is 3. The summed E-state index contributed by atoms with van der Waals surface area (Å²) in [7, 11) is -4.57. The fourth-order valence-corrected chi connectivity index (χ4v) is 3.53. The van der Waals surface area contributed by atoms with Gasteiger partial charge in [0.25, 0.3) is 0 Å². The predicted octanol–water partition coefficient (Wildman–Crippen LogP) is 3.90. The van der Waals surface area contributed by atoms with E-state index in [1.54, 1.807) is 0 Å². The molecule has 1 saturated carbocycles. The smallest absolute Gasteiger partial charge is 0.419 e. The molecule has 0 heterocycles. The zero-order valence-corrected chi connectivity index (χ0v) is 16.2. The minimum absolute atomic E-state index is 0.214. The lowest BCUT2D eigenvalue weighted by Crippen LogP contribution is -2.38. The first kappa shape index (κ1) is 22.5. The topological polar surface area (TPSA) is 92.7 Å². The number of hydrogen-bond acceptors (Lipinski definition) is 6. The Labute approximate surface area is 161 Å². The van der Waals surface area contributed by atoms with Crippen molar-refractivity contribution in [2.24, 2.45) is 0 Å². The van der Waals surface area contributed by atoms with Gasteiger partial charge in [0.1, 0.15) is 18.0 Å². The van der Waals surface area contributed by atoms with E-state index in [0.717, 1.165) is 37.5 Å². The Balaban J connectivity index is 2.28. The Bertz CT molecular complexity index is 798. The first-order valence-corrected chi connectivity index (χ1v) is 10.5. The van der Waals surface area contributed by atoms with Crippen molar-refractivity contribution in [2.75, 3.05) is 12.4 Å². The summed E-state index contributed by atoms with van der Waals surface area (Å²) in [6, 6.07) is 2.63. The van der Waals surface area contributed by atoms with Gasteiger partial charge >= 0.3 is 12.1 Å². The SMILES string of the molecule is CCC1(Oc2cc(C(=O)OCCS(=O)(=O)[O-])ccc2C(F)(F)F)CCCCC1. The van der Waals surface area contributed by atoms with Crippen molar-refractivity contribution in [3.8, 4) is 5.75 Å². The first-order valence-electron chi connectivity index (χ1n) is 8.97. The lowest BCUT2D eigenvalue weighted by Gasteiger charge is -2.37. The molecule has 6 nitrogen and oxygen atoms in total. The molecule has 0 radical (unpaired) electrons. The lowest BCUT2D eigenvalue weighted by atomic mass is 9.82. The summed E-state index contributed by atoms with van der Waals surface area (Å²) < 4.78 is 82.4. The van der Waals surface area contributed by atoms with E-state index >= 15 is 0 Å². The van der Waals surface area contributed by atoms with Crippen molar-refractivity contribution in [1.82, 2.24) is 0 Å². The van der Waals surface area contributed by atoms with Gasteiger partial charge in [-0.15, -0.1) is 0 Å². The fourth-order valence-electron chi connectivity index (χ4n) is 3.24. The molecule has 1 aromatic rings. The third-order valence-electron chi connectivity index (χ3n) is 4.82. The zero-order chi connectivity index (χ0) is 21.0. The summed E-state index contributed by atoms with van der Waals surface area (Å²) >= 11 is 0. The van der Waals surface area contributed by atoms with Gasteiger partial charge in [0.05, 0.1) is 27.0 Å². The highest BCUT2D eigenvalue weighted by Gasteiger charge is 2.39. The van der Waals surface area contributed by atoms with Crippen LogP contribution in [-0.4, -0.2) is 36.9 Å². The van der Waals surface area contributed by atoms with Gasteiger partial charge in [-0.05, 0) is 50.3 Å². The summed E-state index contributed by atoms with van der Waals surface area (Å²) in [6.45, 7) is 1.17. The Morgan fingerprint density at radius 2 is 1.86 bits per heavy atom. The molecule has 1 aromatic carbocycles. The Morgan fingerprint density at radius 3 is 2.39 bits per heavy atom. The molecule has 0 amide bonds. The minimum atomic E-state index is -4.67. The van der Waals surface area contributed by atoms with Crippen LogP contribution in [0.2, 0.25) is 0 Å². The first-order chi connectivity index (χ1) is 13.0. The molecular formula is C18H22F3O6S-. The van der Waals surface area contributed by atoms with Gasteiger partial charge < -0.3 is 14.0 Å². The Kier molecular flexibility index (Phi) is 6.97. The number of rotatable bonds is 7. The number of ether oxygens (including phenoxy) is 2. The molecule has 158 valence electrons. The van der Waals surface area contributed by atoms with Crippen molar-refractivity contribution in [2.45, 2.75) is 57.2 Å². The van der Waals surface area contributed by atoms with Gasteiger partial charge in [0.2, 0.25) is 0 Å². The van der Waals surface area contributed by atoms with Crippen LogP contribution in [0.4, 0.5) is 13.2 Å². The van der Waals surface area contributed by atoms with Gasteiger partial charge in [-0.1, -0.05) is 13.3 Å². The van der Waals surface area contributed by atoms with E-state index in [0.29, 0.717) is 19.3 Å². The van der Waals surface area contributed by atoms with Crippen molar-refractivity contribution < 1.29 is 40.4 Å². The highest BCUT2D eigenvalue weighted by atomic mass is 32.2. The third kappa shape index (κ3) is 6.10. The average Bonchev–Trinajstić information content (AvgIpc) is 2.60. The van der Waals surface area contributed by atoms with Crippen LogP contribution < -0.4 is 4.74 Å². The number of esters is 1. The molecule has 0 atom stereocenters. The highest BCUT2D eigenvalue weighted by Crippen LogP contribution is 2.42. The highest BCUT2D eigenvalue weighted by molar-refractivity contribution is 7.85. The van der Waals surface area contributed by atoms with Gasteiger partial charge in [-0.25, -0.2) is 13.2 Å². The van der Waals surface area contributed by atoms with E-state index in [2.05, 4.69) is 4.74 Å². The van der Waals surface area contributed by atoms with E-state index in [1.165, 1.54) is 0 Å². The summed E-state index contributed by atoms with van der Waals surface area (Å²) in [6.07, 6.45) is -0.209. The molecule has 1 aliphatic carbocycles. The average molecular weight is 423 g/mol. The van der Waals surface area contributed by atoms with Gasteiger partial charge in [-0.2, -0.15) is 13.2 Å². The maximum absolute atomic E-state index is 13.4. The number of carbonyl (C=O) groups is 1. The molecule has 1 aliphatic rings. The molecule has 0 unspecified atom stereocenters. The largest absolute Gasteiger partial charge is 0.748 e. The van der Waals surface area contributed by atoms with Crippen molar-refractivity contribution in [1.29, 1.82) is 0 Å². The minimum Gasteiger partial charge on any atom is -0.748 e. The molecule has 0 saturated heterocycles. The van der Waals surface area contributed by atoms with Crippen LogP contribution in [0.1, 0.15) is 61.4 Å². The lowest BCUT2D eigenvalue weighted by molar-refractivity contribution is -0.140. The molecule has 28 heavy (non-hydrogen) atoms. The van der Waals surface area contributed by atoms with Crippen LogP contribution in [-0.2, 0) is 21.0 Å². The van der Waals surface area contributed by atoms with Gasteiger partial charge in [-0.3, -0.25) is 0 Å². The van der Waals surface area contributed by atoms with Crippen molar-refractivity contribution >= 4 is 16.1 Å². The van der Waals surface area contributed by atoms with E-state index in [9.17, 15) is 30.9 Å². The number of hydrogen-bond donors (Lipinski definition) is 0. The molecular weight excluding hydrogens is 401 g/mol. The monoisotopic (exact) mass is 423 g/mol. The second-order valence-electron chi connectivity index (χ2n) is 6.81. The van der Waals surface area contributed by atoms with E-state index < -0.39 is 51.5 Å². The van der Waals surface area contributed by atoms with Crippen molar-refractivity contribution in [3.63, 3.8) is 0 Å². The molecule has 2 rings (SSSR count). The number of carbonyl (C=O) groups excluding carboxylic acids is 1. The molecule has 1 fully saturated rings. The molecule has 0 bridgehead atoms. The second-order valence-corrected chi connectivity index (χ2v) is 8.33. The van der Waals surface area contributed by atoms with Crippen LogP contribution in [0, 0.1) is 0 Å². The summed E-state index contributed by atoms with van der Waals surface area (Å²) in [5, 5.41) is 0. The van der Waals surface area contributed by atoms with Crippen molar-refractivity contribution in [3.05, 3.63) is 29.3 Å². The van der Waals surface area contributed by atoms with E-state index in [1.807, 2.05) is 6.92 Å². The fraction of sp³-hybridized carbons (Fsp3) is 0.611. The normalized spacial score (nSPS) is 17.2. The number of benzene rings is 1. The summed E-state index contributed by atoms with van der Waals surface area (Å²) in [5.41, 5.74) is -1.94. The Hall–Kier alpha value is -1.81. The van der Waals surface area contributed by atoms with Crippen LogP contribution in [0.3, 0.4) is 0 Å². The standard InChI is InChI=1S/C18H23F3O6S/c1-2-17(8-4-3-5-9-17)27-15-12-13(6-7-14(15)18(19,20)21)16(22)26-10-11-28(23,24)25/h6-7,12H,2-5,8-11H2,1H3,(H,23,24,25)/p-1. The van der Waals surface area contributed by atoms with Crippen LogP contribution in [0.25, 0.3) is 0 Å². The molecule has 0 spiro atoms. The molecule has 0 N–H and O–H groups in total. The van der Waals surface area contributed by atoms with E-state index in [4.69, 9.17) is 4.74 Å². The van der Waals surface area contributed by atoms with Gasteiger partial charge in [0.15, 0.2) is 0 Å². The Morgan fingerprint density at radius 1 is 1.21 bits per heavy atom. The van der Waals surface area contributed by atoms with Crippen LogP contribution >= 0.6 is 0 Å². The quantitative estimate of drug-likeness (QED) is 0.488. The zero-order valence-electron chi connectivity index (χ0n) is 15.4. The third-order valence-corrected chi connectivity index (χ3v) is 5.49. The maximum atomic E-state index is 13.4. The number of alkyl halides is 3. The second kappa shape index (κ2) is 8.69. The maximum Gasteiger partial charge on any atom is 0.419 e.